The molecule has 0 aliphatic rings. The molecule has 0 atom stereocenters. The van der Waals surface area contributed by atoms with E-state index in [-0.39, 0.29) is 0 Å². The van der Waals surface area contributed by atoms with Gasteiger partial charge in [-0.25, -0.2) is 4.72 Å². The van der Waals surface area contributed by atoms with Crippen LogP contribution >= 0.6 is 11.3 Å². The van der Waals surface area contributed by atoms with Crippen LogP contribution in [0.1, 0.15) is 10.4 Å². The molecule has 0 aliphatic heterocycles. The topological polar surface area (TPSA) is 75.4 Å². The first-order valence-corrected chi connectivity index (χ1v) is 7.22. The van der Waals surface area contributed by atoms with E-state index < -0.39 is 10.2 Å². The molecular formula is C10H15N3O2S2. The quantitative estimate of drug-likeness (QED) is 0.756. The Morgan fingerprint density at radius 1 is 1.59 bits per heavy atom. The molecule has 1 rings (SSSR count). The number of hydrogen-bond acceptors (Lipinski definition) is 4. The Kier molecular flexibility index (Phi) is 5.11. The maximum atomic E-state index is 11.5. The summed E-state index contributed by atoms with van der Waals surface area (Å²) in [6.07, 6.45) is 0. The van der Waals surface area contributed by atoms with E-state index in [4.69, 9.17) is 5.73 Å². The van der Waals surface area contributed by atoms with Crippen molar-refractivity contribution in [3.05, 3.63) is 21.9 Å². The van der Waals surface area contributed by atoms with Crippen LogP contribution in [0.2, 0.25) is 0 Å². The average molecular weight is 273 g/mol. The Hall–Kier alpha value is -0.910. The highest BCUT2D eigenvalue weighted by atomic mass is 32.2. The highest BCUT2D eigenvalue weighted by Crippen LogP contribution is 2.16. The summed E-state index contributed by atoms with van der Waals surface area (Å²) < 4.78 is 26.4. The summed E-state index contributed by atoms with van der Waals surface area (Å²) in [4.78, 5) is 0.938. The fourth-order valence-electron chi connectivity index (χ4n) is 1.14. The lowest BCUT2D eigenvalue weighted by Crippen LogP contribution is -2.35. The normalized spacial score (nSPS) is 11.3. The van der Waals surface area contributed by atoms with Gasteiger partial charge in [-0.15, -0.1) is 11.3 Å². The minimum absolute atomic E-state index is 0.319. The second-order valence-corrected chi connectivity index (χ2v) is 6.25. The maximum absolute atomic E-state index is 11.5. The highest BCUT2D eigenvalue weighted by molar-refractivity contribution is 7.87. The van der Waals surface area contributed by atoms with Crippen molar-refractivity contribution in [3.63, 3.8) is 0 Å². The molecule has 7 heteroatoms. The molecule has 0 bridgehead atoms. The Morgan fingerprint density at radius 2 is 2.29 bits per heavy atom. The molecule has 3 N–H and O–H groups in total. The van der Waals surface area contributed by atoms with Gasteiger partial charge in [0, 0.05) is 36.5 Å². The van der Waals surface area contributed by atoms with Crippen LogP contribution in [-0.2, 0) is 16.8 Å². The first-order valence-electron chi connectivity index (χ1n) is 4.90. The van der Waals surface area contributed by atoms with Gasteiger partial charge < -0.3 is 5.73 Å². The van der Waals surface area contributed by atoms with Gasteiger partial charge in [-0.3, -0.25) is 0 Å². The molecule has 1 aromatic rings. The van der Waals surface area contributed by atoms with Gasteiger partial charge >= 0.3 is 0 Å². The molecule has 1 aromatic heterocycles. The summed E-state index contributed by atoms with van der Waals surface area (Å²) in [5.41, 5.74) is 6.14. The summed E-state index contributed by atoms with van der Waals surface area (Å²) in [5.74, 6) is 5.66. The molecule has 0 spiro atoms. The lowest BCUT2D eigenvalue weighted by molar-refractivity contribution is 0.462. The predicted octanol–water partition coefficient (Wildman–Crippen LogP) is -0.0457. The second-order valence-electron chi connectivity index (χ2n) is 3.27. The van der Waals surface area contributed by atoms with Gasteiger partial charge in [-0.2, -0.15) is 12.7 Å². The second kappa shape index (κ2) is 6.14. The molecule has 17 heavy (non-hydrogen) atoms. The number of rotatable bonds is 4. The van der Waals surface area contributed by atoms with Crippen molar-refractivity contribution in [2.45, 2.75) is 6.54 Å². The maximum Gasteiger partial charge on any atom is 0.279 e. The van der Waals surface area contributed by atoms with Crippen molar-refractivity contribution >= 4 is 21.5 Å². The minimum Gasteiger partial charge on any atom is -0.320 e. The molecule has 94 valence electrons. The third kappa shape index (κ3) is 4.11. The van der Waals surface area contributed by atoms with Crippen molar-refractivity contribution in [1.82, 2.24) is 9.03 Å². The van der Waals surface area contributed by atoms with E-state index in [0.717, 1.165) is 10.4 Å². The van der Waals surface area contributed by atoms with Crippen molar-refractivity contribution in [2.75, 3.05) is 20.6 Å². The largest absolute Gasteiger partial charge is 0.320 e. The summed E-state index contributed by atoms with van der Waals surface area (Å²) >= 11 is 1.48. The standard InChI is InChI=1S/C10H15N3O2S2/c1-12-17(14,15)13(2)7-10-6-9(8-16-10)4-3-5-11/h6,8,12H,5,7,11H2,1-2H3. The van der Waals surface area contributed by atoms with Crippen LogP contribution in [0.4, 0.5) is 0 Å². The number of hydrogen-bond donors (Lipinski definition) is 2. The van der Waals surface area contributed by atoms with Crippen LogP contribution < -0.4 is 10.5 Å². The fourth-order valence-corrected chi connectivity index (χ4v) is 2.71. The zero-order valence-corrected chi connectivity index (χ0v) is 11.4. The molecule has 5 nitrogen and oxygen atoms in total. The molecule has 0 aromatic carbocycles. The van der Waals surface area contributed by atoms with Crippen LogP contribution in [0.3, 0.4) is 0 Å². The summed E-state index contributed by atoms with van der Waals surface area (Å²) in [6, 6.07) is 1.87. The Morgan fingerprint density at radius 3 is 2.88 bits per heavy atom. The first-order chi connectivity index (χ1) is 7.99. The number of nitrogens with zero attached hydrogens (tertiary/aromatic N) is 1. The molecule has 0 radical (unpaired) electrons. The van der Waals surface area contributed by atoms with Crippen LogP contribution in [0.5, 0.6) is 0 Å². The number of nitrogens with two attached hydrogens (primary N) is 1. The fraction of sp³-hybridized carbons (Fsp3) is 0.400. The Balaban J connectivity index is 2.73. The van der Waals surface area contributed by atoms with E-state index in [1.54, 1.807) is 0 Å². The molecule has 0 saturated carbocycles. The molecule has 0 amide bonds. The van der Waals surface area contributed by atoms with Gasteiger partial charge in [0.25, 0.3) is 10.2 Å². The lowest BCUT2D eigenvalue weighted by atomic mass is 10.3. The minimum atomic E-state index is -3.37. The molecule has 1 heterocycles. The highest BCUT2D eigenvalue weighted by Gasteiger charge is 2.15. The summed E-state index contributed by atoms with van der Waals surface area (Å²) in [5, 5.41) is 1.89. The molecular weight excluding hydrogens is 258 g/mol. The van der Waals surface area contributed by atoms with Gasteiger partial charge in [0.05, 0.1) is 6.54 Å². The van der Waals surface area contributed by atoms with Crippen molar-refractivity contribution < 1.29 is 8.42 Å². The smallest absolute Gasteiger partial charge is 0.279 e. The van der Waals surface area contributed by atoms with Crippen molar-refractivity contribution in [1.29, 1.82) is 0 Å². The molecule has 0 unspecified atom stereocenters. The zero-order chi connectivity index (χ0) is 12.9. The van der Waals surface area contributed by atoms with Crippen LogP contribution in [0, 0.1) is 11.8 Å². The summed E-state index contributed by atoms with van der Waals surface area (Å²) in [6.45, 7) is 0.650. The third-order valence-corrected chi connectivity index (χ3v) is 4.42. The Bertz CT molecular complexity index is 525. The molecule has 0 saturated heterocycles. The van der Waals surface area contributed by atoms with Gasteiger partial charge in [0.2, 0.25) is 0 Å². The van der Waals surface area contributed by atoms with Gasteiger partial charge in [0.15, 0.2) is 0 Å². The van der Waals surface area contributed by atoms with Crippen molar-refractivity contribution in [2.24, 2.45) is 5.73 Å². The number of thiophene rings is 1. The van der Waals surface area contributed by atoms with E-state index >= 15 is 0 Å². The number of nitrogens with one attached hydrogen (secondary N) is 1. The molecule has 0 fully saturated rings. The third-order valence-electron chi connectivity index (χ3n) is 2.04. The van der Waals surface area contributed by atoms with E-state index in [9.17, 15) is 8.42 Å². The van der Waals surface area contributed by atoms with E-state index in [1.807, 2.05) is 11.4 Å². The van der Waals surface area contributed by atoms with Gasteiger partial charge in [0.1, 0.15) is 0 Å². The van der Waals surface area contributed by atoms with Gasteiger partial charge in [-0.1, -0.05) is 11.8 Å². The van der Waals surface area contributed by atoms with Crippen LogP contribution in [0.15, 0.2) is 11.4 Å². The van der Waals surface area contributed by atoms with Crippen LogP contribution in [-0.4, -0.2) is 33.4 Å². The zero-order valence-electron chi connectivity index (χ0n) is 9.73. The molecule has 0 aliphatic carbocycles. The van der Waals surface area contributed by atoms with Crippen LogP contribution in [0.25, 0.3) is 0 Å². The van der Waals surface area contributed by atoms with E-state index in [1.165, 1.54) is 29.7 Å². The SMILES string of the molecule is CNS(=O)(=O)N(C)Cc1cc(C#CCN)cs1. The predicted molar refractivity (Wildman–Crippen MR) is 69.7 cm³/mol. The van der Waals surface area contributed by atoms with E-state index in [2.05, 4.69) is 16.6 Å². The van der Waals surface area contributed by atoms with Crippen molar-refractivity contribution in [3.8, 4) is 11.8 Å². The monoisotopic (exact) mass is 273 g/mol. The first kappa shape index (κ1) is 14.2. The van der Waals surface area contributed by atoms with E-state index in [0.29, 0.717) is 13.1 Å². The Labute approximate surface area is 106 Å². The van der Waals surface area contributed by atoms with Gasteiger partial charge in [-0.05, 0) is 6.07 Å². The summed E-state index contributed by atoms with van der Waals surface area (Å²) in [7, 11) is -0.458. The lowest BCUT2D eigenvalue weighted by Gasteiger charge is -2.14. The average Bonchev–Trinajstić information content (AvgIpc) is 2.74.